The van der Waals surface area contributed by atoms with Crippen LogP contribution in [0.1, 0.15) is 38.7 Å². The molecule has 3 atom stereocenters. The van der Waals surface area contributed by atoms with Crippen LogP contribution in [-0.2, 0) is 25.6 Å². The van der Waals surface area contributed by atoms with E-state index in [0.717, 1.165) is 5.56 Å². The van der Waals surface area contributed by atoms with Crippen molar-refractivity contribution in [3.8, 4) is 0 Å². The first-order valence-electron chi connectivity index (χ1n) is 11.5. The van der Waals surface area contributed by atoms with E-state index in [1.807, 2.05) is 19.9 Å². The largest absolute Gasteiger partial charge is 0.480 e. The van der Waals surface area contributed by atoms with Gasteiger partial charge in [-0.2, -0.15) is 0 Å². The zero-order chi connectivity index (χ0) is 26.4. The van der Waals surface area contributed by atoms with Crippen LogP contribution in [-0.4, -0.2) is 66.0 Å². The van der Waals surface area contributed by atoms with Crippen molar-refractivity contribution >= 4 is 29.7 Å². The number of carboxylic acid groups (broad SMARTS) is 1. The van der Waals surface area contributed by atoms with Gasteiger partial charge in [0.15, 0.2) is 5.96 Å². The number of aliphatic imine (C=N–C) groups is 1. The predicted octanol–water partition coefficient (Wildman–Crippen LogP) is -1.17. The number of nitrogens with zero attached hydrogens (tertiary/aromatic N) is 1. The molecule has 194 valence electrons. The molecule has 35 heavy (non-hydrogen) atoms. The smallest absolute Gasteiger partial charge is 0.326 e. The van der Waals surface area contributed by atoms with Crippen LogP contribution in [0.4, 0.5) is 0 Å². The van der Waals surface area contributed by atoms with Crippen LogP contribution < -0.4 is 33.2 Å². The van der Waals surface area contributed by atoms with Crippen molar-refractivity contribution < 1.29 is 24.3 Å². The van der Waals surface area contributed by atoms with E-state index < -0.39 is 41.8 Å². The number of nitrogens with two attached hydrogens (primary N) is 3. The molecule has 1 rings (SSSR count). The van der Waals surface area contributed by atoms with E-state index in [9.17, 15) is 24.3 Å². The fourth-order valence-electron chi connectivity index (χ4n) is 3.32. The average Bonchev–Trinajstić information content (AvgIpc) is 2.79. The molecule has 0 spiro atoms. The van der Waals surface area contributed by atoms with Gasteiger partial charge in [-0.05, 0) is 30.7 Å². The summed E-state index contributed by atoms with van der Waals surface area (Å²) < 4.78 is 0. The zero-order valence-corrected chi connectivity index (χ0v) is 20.2. The van der Waals surface area contributed by atoms with Gasteiger partial charge >= 0.3 is 5.97 Å². The highest BCUT2D eigenvalue weighted by atomic mass is 16.4. The molecule has 0 aliphatic heterocycles. The highest BCUT2D eigenvalue weighted by molar-refractivity contribution is 5.93. The standard InChI is InChI=1S/C23H37N7O5/c1-14(2)11-18(22(34)35)30-20(32)16(9-6-10-27-23(25)26)29-21(33)17(28-19(31)13-24)12-15-7-4-3-5-8-15/h3-5,7-8,14,16-18H,6,9-13,24H2,1-2H3,(H,28,31)(H,29,33)(H,30,32)(H,34,35)(H4,25,26,27). The van der Waals surface area contributed by atoms with E-state index in [2.05, 4.69) is 20.9 Å². The molecule has 1 aromatic rings. The number of carbonyl (C=O) groups is 4. The third-order valence-corrected chi connectivity index (χ3v) is 5.02. The predicted molar refractivity (Wildman–Crippen MR) is 132 cm³/mol. The van der Waals surface area contributed by atoms with Crippen LogP contribution in [0.3, 0.4) is 0 Å². The maximum Gasteiger partial charge on any atom is 0.326 e. The Kier molecular flexibility index (Phi) is 12.8. The highest BCUT2D eigenvalue weighted by Crippen LogP contribution is 2.08. The van der Waals surface area contributed by atoms with E-state index in [1.165, 1.54) is 0 Å². The second-order valence-corrected chi connectivity index (χ2v) is 8.55. The van der Waals surface area contributed by atoms with Gasteiger partial charge in [0.25, 0.3) is 0 Å². The van der Waals surface area contributed by atoms with E-state index in [1.54, 1.807) is 24.3 Å². The van der Waals surface area contributed by atoms with Crippen LogP contribution in [0.2, 0.25) is 0 Å². The molecule has 0 saturated heterocycles. The molecule has 0 saturated carbocycles. The molecule has 10 N–H and O–H groups in total. The summed E-state index contributed by atoms with van der Waals surface area (Å²) in [6.07, 6.45) is 0.882. The minimum Gasteiger partial charge on any atom is -0.480 e. The summed E-state index contributed by atoms with van der Waals surface area (Å²) in [6.45, 7) is 3.58. The second-order valence-electron chi connectivity index (χ2n) is 8.55. The molecule has 3 amide bonds. The van der Waals surface area contributed by atoms with Crippen LogP contribution >= 0.6 is 0 Å². The maximum absolute atomic E-state index is 13.1. The lowest BCUT2D eigenvalue weighted by atomic mass is 10.0. The molecule has 12 heteroatoms. The lowest BCUT2D eigenvalue weighted by Gasteiger charge is -2.25. The quantitative estimate of drug-likeness (QED) is 0.0898. The fraction of sp³-hybridized carbons (Fsp3) is 0.522. The highest BCUT2D eigenvalue weighted by Gasteiger charge is 2.29. The second kappa shape index (κ2) is 15.3. The van der Waals surface area contributed by atoms with Crippen molar-refractivity contribution in [1.82, 2.24) is 16.0 Å². The number of hydrogen-bond acceptors (Lipinski definition) is 6. The van der Waals surface area contributed by atoms with Gasteiger partial charge in [0.1, 0.15) is 18.1 Å². The van der Waals surface area contributed by atoms with Gasteiger partial charge in [-0.15, -0.1) is 0 Å². The van der Waals surface area contributed by atoms with Gasteiger partial charge in [-0.25, -0.2) is 4.79 Å². The Hall–Kier alpha value is -3.67. The molecule has 1 aromatic carbocycles. The van der Waals surface area contributed by atoms with Gasteiger partial charge in [-0.3, -0.25) is 19.4 Å². The first-order valence-corrected chi connectivity index (χ1v) is 11.5. The van der Waals surface area contributed by atoms with Gasteiger partial charge < -0.3 is 38.3 Å². The summed E-state index contributed by atoms with van der Waals surface area (Å²) >= 11 is 0. The van der Waals surface area contributed by atoms with Crippen LogP contribution in [0, 0.1) is 5.92 Å². The van der Waals surface area contributed by atoms with Gasteiger partial charge in [-0.1, -0.05) is 44.2 Å². The van der Waals surface area contributed by atoms with Crippen molar-refractivity contribution in [1.29, 1.82) is 0 Å². The summed E-state index contributed by atoms with van der Waals surface area (Å²) in [5.41, 5.74) is 16.9. The van der Waals surface area contributed by atoms with E-state index in [4.69, 9.17) is 17.2 Å². The summed E-state index contributed by atoms with van der Waals surface area (Å²) in [4.78, 5) is 53.5. The van der Waals surface area contributed by atoms with E-state index in [-0.39, 0.29) is 44.2 Å². The van der Waals surface area contributed by atoms with Gasteiger partial charge in [0.05, 0.1) is 6.54 Å². The Balaban J connectivity index is 3.05. The normalized spacial score (nSPS) is 13.3. The number of carbonyl (C=O) groups excluding carboxylic acids is 3. The lowest BCUT2D eigenvalue weighted by molar-refractivity contribution is -0.142. The average molecular weight is 492 g/mol. The Morgan fingerprint density at radius 1 is 0.943 bits per heavy atom. The van der Waals surface area contributed by atoms with Crippen molar-refractivity contribution in [3.05, 3.63) is 35.9 Å². The van der Waals surface area contributed by atoms with Crippen LogP contribution in [0.15, 0.2) is 35.3 Å². The number of carboxylic acids is 1. The van der Waals surface area contributed by atoms with Gasteiger partial charge in [0, 0.05) is 13.0 Å². The number of hydrogen-bond donors (Lipinski definition) is 7. The Labute approximate surface area is 205 Å². The Morgan fingerprint density at radius 3 is 2.09 bits per heavy atom. The van der Waals surface area contributed by atoms with E-state index in [0.29, 0.717) is 6.42 Å². The molecular formula is C23H37N7O5. The third kappa shape index (κ3) is 11.8. The van der Waals surface area contributed by atoms with Crippen molar-refractivity contribution in [2.45, 2.75) is 57.7 Å². The molecule has 0 radical (unpaired) electrons. The molecule has 0 aliphatic rings. The summed E-state index contributed by atoms with van der Waals surface area (Å²) in [7, 11) is 0. The van der Waals surface area contributed by atoms with Crippen molar-refractivity contribution in [3.63, 3.8) is 0 Å². The topological polar surface area (TPSA) is 215 Å². The first kappa shape index (κ1) is 29.4. The number of benzene rings is 1. The number of rotatable bonds is 15. The first-order chi connectivity index (χ1) is 16.5. The Morgan fingerprint density at radius 2 is 1.54 bits per heavy atom. The monoisotopic (exact) mass is 491 g/mol. The molecule has 0 aromatic heterocycles. The van der Waals surface area contributed by atoms with Crippen LogP contribution in [0.25, 0.3) is 0 Å². The molecular weight excluding hydrogens is 454 g/mol. The maximum atomic E-state index is 13.1. The third-order valence-electron chi connectivity index (χ3n) is 5.02. The zero-order valence-electron chi connectivity index (χ0n) is 20.2. The van der Waals surface area contributed by atoms with Crippen molar-refractivity contribution in [2.75, 3.05) is 13.1 Å². The number of nitrogens with one attached hydrogen (secondary N) is 3. The number of amides is 3. The van der Waals surface area contributed by atoms with E-state index >= 15 is 0 Å². The minimum atomic E-state index is -1.17. The molecule has 0 fully saturated rings. The minimum absolute atomic E-state index is 0.0213. The summed E-state index contributed by atoms with van der Waals surface area (Å²) in [5.74, 6) is -3.04. The molecule has 3 unspecified atom stereocenters. The summed E-state index contributed by atoms with van der Waals surface area (Å²) in [5, 5.41) is 17.2. The fourth-order valence-corrected chi connectivity index (χ4v) is 3.32. The number of guanidine groups is 1. The number of aliphatic carboxylic acids is 1. The SMILES string of the molecule is CC(C)CC(NC(=O)C(CCCN=C(N)N)NC(=O)C(Cc1ccccc1)NC(=O)CN)C(=O)O. The van der Waals surface area contributed by atoms with Crippen LogP contribution in [0.5, 0.6) is 0 Å². The lowest BCUT2D eigenvalue weighted by Crippen LogP contribution is -2.56. The molecule has 12 nitrogen and oxygen atoms in total. The van der Waals surface area contributed by atoms with Gasteiger partial charge in [0.2, 0.25) is 17.7 Å². The molecule has 0 aliphatic carbocycles. The molecule has 0 bridgehead atoms. The Bertz CT molecular complexity index is 872. The van der Waals surface area contributed by atoms with Crippen molar-refractivity contribution in [2.24, 2.45) is 28.1 Å². The summed E-state index contributed by atoms with van der Waals surface area (Å²) in [6, 6.07) is 5.85. The molecule has 0 heterocycles.